The van der Waals surface area contributed by atoms with E-state index in [1.807, 2.05) is 0 Å². The quantitative estimate of drug-likeness (QED) is 0.105. The van der Waals surface area contributed by atoms with Gasteiger partial charge in [-0.2, -0.15) is 26.3 Å². The number of alkyl halides is 6. The molecule has 1 N–H and O–H groups in total. The van der Waals surface area contributed by atoms with Crippen LogP contribution >= 0.6 is 23.4 Å². The lowest BCUT2D eigenvalue weighted by atomic mass is 10.0. The van der Waals surface area contributed by atoms with Crippen LogP contribution in [0.15, 0.2) is 47.6 Å². The molecule has 0 bridgehead atoms. The number of hydrogen-bond acceptors (Lipinski definition) is 5. The molecule has 0 radical (unpaired) electrons. The maximum Gasteiger partial charge on any atom is 0.416 e. The van der Waals surface area contributed by atoms with Crippen LogP contribution in [0.3, 0.4) is 0 Å². The summed E-state index contributed by atoms with van der Waals surface area (Å²) >= 11 is 7.54. The fourth-order valence-corrected chi connectivity index (χ4v) is 4.38. The fourth-order valence-electron chi connectivity index (χ4n) is 3.71. The van der Waals surface area contributed by atoms with Crippen LogP contribution in [0, 0.1) is 6.92 Å². The van der Waals surface area contributed by atoms with Crippen LogP contribution in [0.25, 0.3) is 11.3 Å². The highest BCUT2D eigenvalue weighted by molar-refractivity contribution is 7.98. The summed E-state index contributed by atoms with van der Waals surface area (Å²) in [5, 5.41) is 10.6. The minimum atomic E-state index is -5.07. The van der Waals surface area contributed by atoms with Crippen LogP contribution in [-0.2, 0) is 18.9 Å². The van der Waals surface area contributed by atoms with Gasteiger partial charge in [0, 0.05) is 12.1 Å². The number of carbonyl (C=O) groups is 1. The largest absolute Gasteiger partial charge is 0.416 e. The minimum absolute atomic E-state index is 0.00591. The Bertz CT molecular complexity index is 1300. The molecule has 3 rings (SSSR count). The Morgan fingerprint density at radius 1 is 1.05 bits per heavy atom. The van der Waals surface area contributed by atoms with Crippen molar-refractivity contribution in [1.29, 1.82) is 0 Å². The maximum atomic E-state index is 13.8. The summed E-state index contributed by atoms with van der Waals surface area (Å²) in [6.07, 6.45) is -10.1. The zero-order chi connectivity index (χ0) is 28.4. The van der Waals surface area contributed by atoms with E-state index in [-0.39, 0.29) is 34.1 Å². The van der Waals surface area contributed by atoms with Crippen LogP contribution in [0.2, 0.25) is 5.15 Å². The van der Waals surface area contributed by atoms with Crippen LogP contribution < -0.4 is 0 Å². The maximum absolute atomic E-state index is 13.8. The molecule has 3 aromatic rings. The second-order valence-corrected chi connectivity index (χ2v) is 9.41. The Balaban J connectivity index is 2.19. The lowest BCUT2D eigenvalue weighted by Gasteiger charge is -2.29. The third-order valence-electron chi connectivity index (χ3n) is 5.63. The van der Waals surface area contributed by atoms with E-state index in [1.54, 1.807) is 37.4 Å². The predicted octanol–water partition coefficient (Wildman–Crippen LogP) is 7.24. The van der Waals surface area contributed by atoms with Gasteiger partial charge in [0.1, 0.15) is 16.9 Å². The molecular weight excluding hydrogens is 556 g/mol. The van der Waals surface area contributed by atoms with Gasteiger partial charge in [0.15, 0.2) is 5.16 Å². The molecule has 1 amide bonds. The third-order valence-corrected chi connectivity index (χ3v) is 6.45. The van der Waals surface area contributed by atoms with Gasteiger partial charge in [0.2, 0.25) is 0 Å². The second kappa shape index (κ2) is 11.5. The van der Waals surface area contributed by atoms with Crippen molar-refractivity contribution in [3.8, 4) is 11.3 Å². The standard InChI is InChI=1S/C25H22ClF6N3O2S/c1-4-18(36)35(12-14-9-15(24(27,28)29)11-16(10-14)25(30,31)32)22(37)19-20(17-8-6-5-7-13(17)2)33-23(38-3)34-21(19)26/h5-11,18,36H,4,12H2,1-3H3. The first-order chi connectivity index (χ1) is 17.7. The Morgan fingerprint density at radius 3 is 2.13 bits per heavy atom. The number of hydrogen-bond donors (Lipinski definition) is 1. The number of aromatic nitrogens is 2. The molecule has 0 saturated carbocycles. The van der Waals surface area contributed by atoms with Crippen molar-refractivity contribution < 1.29 is 36.2 Å². The van der Waals surface area contributed by atoms with Crippen molar-refractivity contribution >= 4 is 29.3 Å². The van der Waals surface area contributed by atoms with Gasteiger partial charge in [0.05, 0.1) is 16.8 Å². The van der Waals surface area contributed by atoms with E-state index in [0.29, 0.717) is 17.7 Å². The number of aliphatic hydroxyl groups is 1. The first kappa shape index (κ1) is 29.7. The molecule has 204 valence electrons. The first-order valence-electron chi connectivity index (χ1n) is 11.1. The van der Waals surface area contributed by atoms with Crippen LogP contribution in [0.4, 0.5) is 26.3 Å². The van der Waals surface area contributed by atoms with E-state index in [4.69, 9.17) is 11.6 Å². The number of carbonyl (C=O) groups excluding carboxylic acids is 1. The number of amides is 1. The number of thioether (sulfide) groups is 1. The average molecular weight is 578 g/mol. The topological polar surface area (TPSA) is 66.3 Å². The van der Waals surface area contributed by atoms with E-state index in [2.05, 4.69) is 9.97 Å². The smallest absolute Gasteiger partial charge is 0.374 e. The molecule has 0 fully saturated rings. The SMILES string of the molecule is CCC(O)N(Cc1cc(C(F)(F)F)cc(C(F)(F)F)c1)C(=O)c1c(Cl)nc(SC)nc1-c1ccccc1C. The van der Waals surface area contributed by atoms with Crippen molar-refractivity contribution in [1.82, 2.24) is 14.9 Å². The molecule has 1 atom stereocenters. The van der Waals surface area contributed by atoms with Gasteiger partial charge in [-0.1, -0.05) is 54.6 Å². The Labute approximate surface area is 223 Å². The van der Waals surface area contributed by atoms with Gasteiger partial charge in [-0.25, -0.2) is 9.97 Å². The molecule has 1 aromatic heterocycles. The third kappa shape index (κ3) is 6.59. The van der Waals surface area contributed by atoms with E-state index >= 15 is 0 Å². The summed E-state index contributed by atoms with van der Waals surface area (Å²) in [6.45, 7) is 2.49. The molecule has 13 heteroatoms. The molecule has 0 aliphatic carbocycles. The van der Waals surface area contributed by atoms with Gasteiger partial charge < -0.3 is 10.0 Å². The van der Waals surface area contributed by atoms with Crippen molar-refractivity contribution in [2.75, 3.05) is 6.26 Å². The monoisotopic (exact) mass is 577 g/mol. The van der Waals surface area contributed by atoms with Crippen molar-refractivity contribution in [3.05, 3.63) is 75.4 Å². The number of aryl methyl sites for hydroxylation is 1. The van der Waals surface area contributed by atoms with Gasteiger partial charge in [-0.3, -0.25) is 4.79 Å². The van der Waals surface area contributed by atoms with E-state index in [1.165, 1.54) is 6.92 Å². The fraction of sp³-hybridized carbons (Fsp3) is 0.320. The van der Waals surface area contributed by atoms with E-state index < -0.39 is 47.7 Å². The van der Waals surface area contributed by atoms with Gasteiger partial charge in [-0.05, 0) is 48.9 Å². The van der Waals surface area contributed by atoms with Gasteiger partial charge in [-0.15, -0.1) is 0 Å². The van der Waals surface area contributed by atoms with E-state index in [9.17, 15) is 36.2 Å². The first-order valence-corrected chi connectivity index (χ1v) is 12.7. The molecular formula is C25H22ClF6N3O2S. The molecule has 0 aliphatic heterocycles. The average Bonchev–Trinajstić information content (AvgIpc) is 2.85. The number of aliphatic hydroxyl groups excluding tert-OH is 1. The zero-order valence-electron chi connectivity index (χ0n) is 20.3. The lowest BCUT2D eigenvalue weighted by molar-refractivity contribution is -0.143. The van der Waals surface area contributed by atoms with Crippen LogP contribution in [0.1, 0.15) is 46.0 Å². The summed E-state index contributed by atoms with van der Waals surface area (Å²) in [6, 6.07) is 7.91. The summed E-state index contributed by atoms with van der Waals surface area (Å²) in [5.74, 6) is -0.957. The summed E-state index contributed by atoms with van der Waals surface area (Å²) in [7, 11) is 0. The normalized spacial score (nSPS) is 12.9. The molecule has 5 nitrogen and oxygen atoms in total. The van der Waals surface area contributed by atoms with Crippen LogP contribution in [0.5, 0.6) is 0 Å². The highest BCUT2D eigenvalue weighted by Crippen LogP contribution is 2.37. The number of halogens is 7. The van der Waals surface area contributed by atoms with E-state index in [0.717, 1.165) is 22.2 Å². The number of nitrogens with zero attached hydrogens (tertiary/aromatic N) is 3. The number of rotatable bonds is 7. The lowest BCUT2D eigenvalue weighted by Crippen LogP contribution is -2.40. The summed E-state index contributed by atoms with van der Waals surface area (Å²) in [5.41, 5.74) is -2.44. The Morgan fingerprint density at radius 2 is 1.63 bits per heavy atom. The van der Waals surface area contributed by atoms with Crippen molar-refractivity contribution in [3.63, 3.8) is 0 Å². The predicted molar refractivity (Wildman–Crippen MR) is 132 cm³/mol. The zero-order valence-corrected chi connectivity index (χ0v) is 21.9. The Hall–Kier alpha value is -2.83. The highest BCUT2D eigenvalue weighted by atomic mass is 35.5. The summed E-state index contributed by atoms with van der Waals surface area (Å²) in [4.78, 5) is 23.0. The van der Waals surface area contributed by atoms with Crippen molar-refractivity contribution in [2.24, 2.45) is 0 Å². The molecule has 0 saturated heterocycles. The van der Waals surface area contributed by atoms with Crippen LogP contribution in [-0.4, -0.2) is 38.4 Å². The molecule has 2 aromatic carbocycles. The molecule has 1 unspecified atom stereocenters. The molecule has 0 spiro atoms. The van der Waals surface area contributed by atoms with Gasteiger partial charge >= 0.3 is 12.4 Å². The minimum Gasteiger partial charge on any atom is -0.374 e. The second-order valence-electron chi connectivity index (χ2n) is 8.28. The number of benzene rings is 2. The molecule has 0 aliphatic rings. The Kier molecular flexibility index (Phi) is 9.00. The molecule has 38 heavy (non-hydrogen) atoms. The van der Waals surface area contributed by atoms with Crippen molar-refractivity contribution in [2.45, 2.75) is 50.5 Å². The highest BCUT2D eigenvalue weighted by Gasteiger charge is 2.38. The van der Waals surface area contributed by atoms with Gasteiger partial charge in [0.25, 0.3) is 5.91 Å². The molecule has 1 heterocycles. The summed E-state index contributed by atoms with van der Waals surface area (Å²) < 4.78 is 80.3.